The summed E-state index contributed by atoms with van der Waals surface area (Å²) in [6, 6.07) is 9.47. The molecule has 3 heteroatoms. The fraction of sp³-hybridized carbons (Fsp3) is 0.385. The van der Waals surface area contributed by atoms with Crippen molar-refractivity contribution in [2.45, 2.75) is 20.3 Å². The minimum atomic E-state index is -0.678. The van der Waals surface area contributed by atoms with Gasteiger partial charge in [0.1, 0.15) is 11.7 Å². The number of ketones is 1. The number of carbonyl (C=O) groups is 2. The molecule has 1 aromatic carbocycles. The standard InChI is InChI=1S/C13H16O3/c1-3-16-13(15)12(10(2)14)9-11-7-5-4-6-8-11/h4-8,12H,3,9H2,1-2H3/t12-/m0/s1. The highest BCUT2D eigenvalue weighted by atomic mass is 16.5. The third-order valence-corrected chi connectivity index (χ3v) is 2.34. The largest absolute Gasteiger partial charge is 0.465 e. The molecule has 86 valence electrons. The van der Waals surface area contributed by atoms with Gasteiger partial charge in [0, 0.05) is 0 Å². The quantitative estimate of drug-likeness (QED) is 0.563. The van der Waals surface area contributed by atoms with E-state index in [0.717, 1.165) is 5.56 Å². The Bertz CT molecular complexity index is 357. The van der Waals surface area contributed by atoms with Gasteiger partial charge in [-0.15, -0.1) is 0 Å². The second-order valence-electron chi connectivity index (χ2n) is 3.61. The van der Waals surface area contributed by atoms with Crippen LogP contribution in [-0.2, 0) is 20.7 Å². The predicted molar refractivity (Wildman–Crippen MR) is 61.0 cm³/mol. The summed E-state index contributed by atoms with van der Waals surface area (Å²) < 4.78 is 4.88. The number of benzene rings is 1. The van der Waals surface area contributed by atoms with Crippen LogP contribution in [0.1, 0.15) is 19.4 Å². The molecule has 0 N–H and O–H groups in total. The smallest absolute Gasteiger partial charge is 0.316 e. The molecule has 0 radical (unpaired) electrons. The first-order valence-electron chi connectivity index (χ1n) is 5.36. The maximum absolute atomic E-state index is 11.5. The highest BCUT2D eigenvalue weighted by Gasteiger charge is 2.24. The Morgan fingerprint density at radius 3 is 2.38 bits per heavy atom. The molecule has 0 saturated carbocycles. The SMILES string of the molecule is CCOC(=O)[C@@H](Cc1ccccc1)C(C)=O. The van der Waals surface area contributed by atoms with Gasteiger partial charge in [-0.2, -0.15) is 0 Å². The van der Waals surface area contributed by atoms with Crippen LogP contribution in [0.2, 0.25) is 0 Å². The van der Waals surface area contributed by atoms with Crippen molar-refractivity contribution in [3.8, 4) is 0 Å². The highest BCUT2D eigenvalue weighted by molar-refractivity contribution is 5.97. The number of esters is 1. The average Bonchev–Trinajstić information content (AvgIpc) is 2.27. The van der Waals surface area contributed by atoms with Gasteiger partial charge in [-0.3, -0.25) is 9.59 Å². The Hall–Kier alpha value is -1.64. The van der Waals surface area contributed by atoms with Crippen LogP contribution in [0.4, 0.5) is 0 Å². The van der Waals surface area contributed by atoms with Crippen molar-refractivity contribution in [3.63, 3.8) is 0 Å². The highest BCUT2D eigenvalue weighted by Crippen LogP contribution is 2.11. The predicted octanol–water partition coefficient (Wildman–Crippen LogP) is 2.00. The van der Waals surface area contributed by atoms with E-state index < -0.39 is 11.9 Å². The van der Waals surface area contributed by atoms with Crippen LogP contribution < -0.4 is 0 Å². The summed E-state index contributed by atoms with van der Waals surface area (Å²) in [4.78, 5) is 22.9. The van der Waals surface area contributed by atoms with Gasteiger partial charge in [0.25, 0.3) is 0 Å². The number of hydrogen-bond acceptors (Lipinski definition) is 3. The second-order valence-corrected chi connectivity index (χ2v) is 3.61. The Morgan fingerprint density at radius 2 is 1.88 bits per heavy atom. The van der Waals surface area contributed by atoms with Crippen molar-refractivity contribution in [1.82, 2.24) is 0 Å². The zero-order valence-corrected chi connectivity index (χ0v) is 9.60. The first kappa shape index (κ1) is 12.4. The lowest BCUT2D eigenvalue weighted by atomic mass is 9.96. The van der Waals surface area contributed by atoms with Crippen LogP contribution >= 0.6 is 0 Å². The Labute approximate surface area is 95.4 Å². The van der Waals surface area contributed by atoms with E-state index in [4.69, 9.17) is 4.74 Å². The van der Waals surface area contributed by atoms with Gasteiger partial charge < -0.3 is 4.74 Å². The molecule has 0 bridgehead atoms. The number of Topliss-reactive ketones (excluding diaryl/α,β-unsaturated/α-hetero) is 1. The second kappa shape index (κ2) is 6.05. The van der Waals surface area contributed by atoms with Gasteiger partial charge in [0.15, 0.2) is 0 Å². The summed E-state index contributed by atoms with van der Waals surface area (Å²) >= 11 is 0. The molecule has 1 aromatic rings. The van der Waals surface area contributed by atoms with E-state index in [1.165, 1.54) is 6.92 Å². The Morgan fingerprint density at radius 1 is 1.25 bits per heavy atom. The Kier molecular flexibility index (Phi) is 4.70. The number of ether oxygens (including phenoxy) is 1. The van der Waals surface area contributed by atoms with Gasteiger partial charge in [0.05, 0.1) is 6.61 Å². The molecule has 3 nitrogen and oxygen atoms in total. The maximum atomic E-state index is 11.5. The molecule has 1 rings (SSSR count). The van der Waals surface area contributed by atoms with E-state index in [-0.39, 0.29) is 5.78 Å². The molecule has 0 amide bonds. The van der Waals surface area contributed by atoms with Crippen molar-refractivity contribution in [1.29, 1.82) is 0 Å². The van der Waals surface area contributed by atoms with Crippen LogP contribution in [0.5, 0.6) is 0 Å². The molecule has 0 fully saturated rings. The molecule has 0 saturated heterocycles. The van der Waals surface area contributed by atoms with Gasteiger partial charge in [-0.1, -0.05) is 30.3 Å². The summed E-state index contributed by atoms with van der Waals surface area (Å²) in [7, 11) is 0. The lowest BCUT2D eigenvalue weighted by Crippen LogP contribution is -2.26. The topological polar surface area (TPSA) is 43.4 Å². The van der Waals surface area contributed by atoms with Crippen molar-refractivity contribution >= 4 is 11.8 Å². The van der Waals surface area contributed by atoms with Gasteiger partial charge in [0.2, 0.25) is 0 Å². The minimum absolute atomic E-state index is 0.151. The fourth-order valence-electron chi connectivity index (χ4n) is 1.49. The van der Waals surface area contributed by atoms with Crippen LogP contribution in [0, 0.1) is 5.92 Å². The number of rotatable bonds is 5. The molecule has 0 spiro atoms. The third-order valence-electron chi connectivity index (χ3n) is 2.34. The molecule has 0 unspecified atom stereocenters. The molecular formula is C13H16O3. The lowest BCUT2D eigenvalue weighted by Gasteiger charge is -2.12. The third kappa shape index (κ3) is 3.50. The van der Waals surface area contributed by atoms with E-state index in [1.807, 2.05) is 30.3 Å². The summed E-state index contributed by atoms with van der Waals surface area (Å²) in [6.45, 7) is 3.46. The fourth-order valence-corrected chi connectivity index (χ4v) is 1.49. The van der Waals surface area contributed by atoms with Crippen molar-refractivity contribution in [3.05, 3.63) is 35.9 Å². The molecule has 0 aliphatic carbocycles. The molecule has 0 aliphatic heterocycles. The molecule has 0 heterocycles. The van der Waals surface area contributed by atoms with Gasteiger partial charge >= 0.3 is 5.97 Å². The summed E-state index contributed by atoms with van der Waals surface area (Å²) in [6.07, 6.45) is 0.412. The Balaban J connectivity index is 2.73. The van der Waals surface area contributed by atoms with Crippen LogP contribution in [-0.4, -0.2) is 18.4 Å². The van der Waals surface area contributed by atoms with E-state index in [9.17, 15) is 9.59 Å². The van der Waals surface area contributed by atoms with Crippen molar-refractivity contribution in [2.75, 3.05) is 6.61 Å². The molecular weight excluding hydrogens is 204 g/mol. The molecule has 16 heavy (non-hydrogen) atoms. The average molecular weight is 220 g/mol. The van der Waals surface area contributed by atoms with Gasteiger partial charge in [-0.05, 0) is 25.8 Å². The number of hydrogen-bond donors (Lipinski definition) is 0. The minimum Gasteiger partial charge on any atom is -0.465 e. The van der Waals surface area contributed by atoms with E-state index in [1.54, 1.807) is 6.92 Å². The zero-order chi connectivity index (χ0) is 12.0. The normalized spacial score (nSPS) is 11.9. The number of carbonyl (C=O) groups excluding carboxylic acids is 2. The van der Waals surface area contributed by atoms with Crippen LogP contribution in [0.25, 0.3) is 0 Å². The van der Waals surface area contributed by atoms with Gasteiger partial charge in [-0.25, -0.2) is 0 Å². The molecule has 0 aromatic heterocycles. The summed E-state index contributed by atoms with van der Waals surface area (Å²) in [5.41, 5.74) is 0.968. The summed E-state index contributed by atoms with van der Waals surface area (Å²) in [5.74, 6) is -1.26. The van der Waals surface area contributed by atoms with E-state index in [0.29, 0.717) is 13.0 Å². The van der Waals surface area contributed by atoms with E-state index >= 15 is 0 Å². The van der Waals surface area contributed by atoms with Crippen LogP contribution in [0.15, 0.2) is 30.3 Å². The summed E-state index contributed by atoms with van der Waals surface area (Å²) in [5, 5.41) is 0. The zero-order valence-electron chi connectivity index (χ0n) is 9.60. The lowest BCUT2D eigenvalue weighted by molar-refractivity contribution is -0.151. The van der Waals surface area contributed by atoms with Crippen molar-refractivity contribution in [2.24, 2.45) is 5.92 Å². The first-order chi connectivity index (χ1) is 7.65. The van der Waals surface area contributed by atoms with Crippen LogP contribution in [0.3, 0.4) is 0 Å². The molecule has 1 atom stereocenters. The monoisotopic (exact) mass is 220 g/mol. The maximum Gasteiger partial charge on any atom is 0.316 e. The molecule has 0 aliphatic rings. The first-order valence-corrected chi connectivity index (χ1v) is 5.36. The van der Waals surface area contributed by atoms with E-state index in [2.05, 4.69) is 0 Å². The van der Waals surface area contributed by atoms with Crippen molar-refractivity contribution < 1.29 is 14.3 Å².